The van der Waals surface area contributed by atoms with Crippen LogP contribution in [-0.4, -0.2) is 28.8 Å². The van der Waals surface area contributed by atoms with Gasteiger partial charge in [-0.1, -0.05) is 31.1 Å². The van der Waals surface area contributed by atoms with Crippen LogP contribution in [0.3, 0.4) is 0 Å². The number of rotatable bonds is 2. The van der Waals surface area contributed by atoms with Gasteiger partial charge >= 0.3 is 0 Å². The highest BCUT2D eigenvalue weighted by Gasteiger charge is 2.48. The molecule has 2 atom stereocenters. The third kappa shape index (κ3) is 2.28. The van der Waals surface area contributed by atoms with Crippen LogP contribution in [0.2, 0.25) is 0 Å². The van der Waals surface area contributed by atoms with Crippen molar-refractivity contribution in [1.82, 2.24) is 4.90 Å². The maximum atomic E-state index is 12.9. The van der Waals surface area contributed by atoms with Crippen LogP contribution < -0.4 is 0 Å². The number of Topliss-reactive ketones (excluding diaryl/α,β-unsaturated/α-hetero) is 1. The Morgan fingerprint density at radius 3 is 2.80 bits per heavy atom. The van der Waals surface area contributed by atoms with Crippen LogP contribution in [0.4, 0.5) is 0 Å². The summed E-state index contributed by atoms with van der Waals surface area (Å²) in [4.78, 5) is 15.5. The van der Waals surface area contributed by atoms with Crippen LogP contribution in [0.5, 0.6) is 0 Å². The number of likely N-dealkylation sites (tertiary alicyclic amines) is 1. The topological polar surface area (TPSA) is 20.3 Å². The van der Waals surface area contributed by atoms with Crippen LogP contribution in [-0.2, 0) is 4.79 Å². The predicted molar refractivity (Wildman–Crippen MR) is 82.7 cm³/mol. The summed E-state index contributed by atoms with van der Waals surface area (Å²) in [5, 5.41) is 0. The molecule has 0 aromatic rings. The van der Waals surface area contributed by atoms with Gasteiger partial charge in [0.25, 0.3) is 0 Å². The van der Waals surface area contributed by atoms with Gasteiger partial charge in [0.15, 0.2) is 5.78 Å². The Morgan fingerprint density at radius 1 is 1.20 bits per heavy atom. The molecule has 2 unspecified atom stereocenters. The van der Waals surface area contributed by atoms with Gasteiger partial charge in [0.1, 0.15) is 5.54 Å². The van der Waals surface area contributed by atoms with E-state index in [0.29, 0.717) is 11.8 Å². The molecule has 0 amide bonds. The van der Waals surface area contributed by atoms with Crippen molar-refractivity contribution in [3.8, 4) is 0 Å². The Hall–Kier alpha value is -0.890. The summed E-state index contributed by atoms with van der Waals surface area (Å²) in [6.45, 7) is 3.41. The Balaban J connectivity index is 2.00. The molecular formula is C18H27NO. The second-order valence-electron chi connectivity index (χ2n) is 6.67. The Kier molecular flexibility index (Phi) is 4.11. The molecule has 2 fully saturated rings. The molecule has 0 spiro atoms. The van der Waals surface area contributed by atoms with Crippen molar-refractivity contribution in [2.45, 2.75) is 76.3 Å². The van der Waals surface area contributed by atoms with Gasteiger partial charge in [0, 0.05) is 12.5 Å². The highest BCUT2D eigenvalue weighted by atomic mass is 16.1. The van der Waals surface area contributed by atoms with E-state index >= 15 is 0 Å². The second kappa shape index (κ2) is 5.85. The first-order chi connectivity index (χ1) is 9.75. The van der Waals surface area contributed by atoms with Crippen LogP contribution in [0, 0.1) is 0 Å². The smallest absolute Gasteiger partial charge is 0.157 e. The molecule has 0 aromatic heterocycles. The Labute approximate surface area is 122 Å². The van der Waals surface area contributed by atoms with Crippen molar-refractivity contribution < 1.29 is 4.79 Å². The maximum absolute atomic E-state index is 12.9. The summed E-state index contributed by atoms with van der Waals surface area (Å²) in [6, 6.07) is 0.544. The SMILES string of the molecule is CC1CCCCN1C1(C2=CCCC=C2)CCCCC1=O. The van der Waals surface area contributed by atoms with E-state index in [2.05, 4.69) is 30.1 Å². The summed E-state index contributed by atoms with van der Waals surface area (Å²) in [6.07, 6.45) is 17.0. The summed E-state index contributed by atoms with van der Waals surface area (Å²) in [5.41, 5.74) is 1.02. The Morgan fingerprint density at radius 2 is 2.10 bits per heavy atom. The quantitative estimate of drug-likeness (QED) is 0.757. The molecule has 0 N–H and O–H groups in total. The number of hydrogen-bond donors (Lipinski definition) is 0. The predicted octanol–water partition coefficient (Wildman–Crippen LogP) is 4.02. The van der Waals surface area contributed by atoms with Crippen molar-refractivity contribution in [1.29, 1.82) is 0 Å². The standard InChI is InChI=1S/C18H27NO/c1-15-9-6-8-14-19(15)18(13-7-5-12-17(18)20)16-10-3-2-4-11-16/h3,10-11,15H,2,4-9,12-14H2,1H3. The van der Waals surface area contributed by atoms with Gasteiger partial charge in [-0.25, -0.2) is 0 Å². The normalized spacial score (nSPS) is 36.0. The Bertz CT molecular complexity index is 437. The van der Waals surface area contributed by atoms with Crippen LogP contribution in [0.15, 0.2) is 23.8 Å². The van der Waals surface area contributed by atoms with Crippen molar-refractivity contribution >= 4 is 5.78 Å². The van der Waals surface area contributed by atoms with Gasteiger partial charge in [-0.15, -0.1) is 0 Å². The number of carbonyl (C=O) groups excluding carboxylic acids is 1. The number of hydrogen-bond acceptors (Lipinski definition) is 2. The molecule has 0 bridgehead atoms. The van der Waals surface area contributed by atoms with E-state index in [1.165, 1.54) is 31.3 Å². The number of ketones is 1. The first-order valence-corrected chi connectivity index (χ1v) is 8.42. The molecule has 1 saturated heterocycles. The van der Waals surface area contributed by atoms with E-state index in [-0.39, 0.29) is 5.54 Å². The van der Waals surface area contributed by atoms with Gasteiger partial charge in [-0.2, -0.15) is 0 Å². The van der Waals surface area contributed by atoms with E-state index < -0.39 is 0 Å². The lowest BCUT2D eigenvalue weighted by atomic mass is 9.71. The van der Waals surface area contributed by atoms with Crippen LogP contribution in [0.1, 0.15) is 64.7 Å². The van der Waals surface area contributed by atoms with E-state index in [9.17, 15) is 4.79 Å². The van der Waals surface area contributed by atoms with E-state index in [1.807, 2.05) is 0 Å². The second-order valence-corrected chi connectivity index (χ2v) is 6.67. The van der Waals surface area contributed by atoms with Crippen LogP contribution >= 0.6 is 0 Å². The molecule has 1 aliphatic heterocycles. The van der Waals surface area contributed by atoms with Gasteiger partial charge in [0.05, 0.1) is 0 Å². The largest absolute Gasteiger partial charge is 0.297 e. The first kappa shape index (κ1) is 14.1. The van der Waals surface area contributed by atoms with Crippen molar-refractivity contribution in [2.75, 3.05) is 6.54 Å². The minimum atomic E-state index is -0.283. The molecule has 0 radical (unpaired) electrons. The highest BCUT2D eigenvalue weighted by molar-refractivity contribution is 5.93. The third-order valence-electron chi connectivity index (χ3n) is 5.42. The summed E-state index contributed by atoms with van der Waals surface area (Å²) in [5.74, 6) is 0.482. The van der Waals surface area contributed by atoms with E-state index in [4.69, 9.17) is 0 Å². The summed E-state index contributed by atoms with van der Waals surface area (Å²) < 4.78 is 0. The van der Waals surface area contributed by atoms with Crippen molar-refractivity contribution in [3.63, 3.8) is 0 Å². The molecule has 1 heterocycles. The highest BCUT2D eigenvalue weighted by Crippen LogP contribution is 2.42. The molecule has 1 saturated carbocycles. The van der Waals surface area contributed by atoms with Crippen molar-refractivity contribution in [3.05, 3.63) is 23.8 Å². The van der Waals surface area contributed by atoms with E-state index in [1.54, 1.807) is 0 Å². The number of allylic oxidation sites excluding steroid dienone is 2. The lowest BCUT2D eigenvalue weighted by Crippen LogP contribution is -2.61. The lowest BCUT2D eigenvalue weighted by molar-refractivity contribution is -0.134. The number of carbonyl (C=O) groups is 1. The molecule has 3 aliphatic rings. The lowest BCUT2D eigenvalue weighted by Gasteiger charge is -2.51. The molecule has 2 aliphatic carbocycles. The third-order valence-corrected chi connectivity index (χ3v) is 5.42. The summed E-state index contributed by atoms with van der Waals surface area (Å²) >= 11 is 0. The van der Waals surface area contributed by atoms with Gasteiger partial charge < -0.3 is 0 Å². The number of nitrogens with zero attached hydrogens (tertiary/aromatic N) is 1. The fourth-order valence-electron chi connectivity index (χ4n) is 4.37. The molecule has 0 aromatic carbocycles. The fraction of sp³-hybridized carbons (Fsp3) is 0.722. The minimum absolute atomic E-state index is 0.283. The van der Waals surface area contributed by atoms with Crippen molar-refractivity contribution in [2.24, 2.45) is 0 Å². The zero-order valence-electron chi connectivity index (χ0n) is 12.7. The van der Waals surface area contributed by atoms with E-state index in [0.717, 1.165) is 38.6 Å². The molecule has 110 valence electrons. The summed E-state index contributed by atoms with van der Waals surface area (Å²) in [7, 11) is 0. The van der Waals surface area contributed by atoms with Gasteiger partial charge in [-0.3, -0.25) is 9.69 Å². The zero-order valence-corrected chi connectivity index (χ0v) is 12.7. The van der Waals surface area contributed by atoms with Gasteiger partial charge in [-0.05, 0) is 57.6 Å². The minimum Gasteiger partial charge on any atom is -0.297 e. The first-order valence-electron chi connectivity index (χ1n) is 8.42. The van der Waals surface area contributed by atoms with Crippen LogP contribution in [0.25, 0.3) is 0 Å². The molecule has 20 heavy (non-hydrogen) atoms. The average Bonchev–Trinajstić information content (AvgIpc) is 2.50. The monoisotopic (exact) mass is 273 g/mol. The maximum Gasteiger partial charge on any atom is 0.157 e. The average molecular weight is 273 g/mol. The zero-order chi connectivity index (χ0) is 14.0. The molecule has 2 heteroatoms. The fourth-order valence-corrected chi connectivity index (χ4v) is 4.37. The number of piperidine rings is 1. The van der Waals surface area contributed by atoms with Gasteiger partial charge in [0.2, 0.25) is 0 Å². The molecule has 3 rings (SSSR count). The molecular weight excluding hydrogens is 246 g/mol. The molecule has 2 nitrogen and oxygen atoms in total.